The summed E-state index contributed by atoms with van der Waals surface area (Å²) in [5.74, 6) is 1.14. The first-order valence-electron chi connectivity index (χ1n) is 4.69. The van der Waals surface area contributed by atoms with Crippen molar-refractivity contribution in [1.29, 1.82) is 0 Å². The van der Waals surface area contributed by atoms with Crippen LogP contribution in [0.15, 0.2) is 18.2 Å². The highest BCUT2D eigenvalue weighted by molar-refractivity contribution is 6.65. The molecule has 0 radical (unpaired) electrons. The van der Waals surface area contributed by atoms with Crippen LogP contribution < -0.4 is 10.1 Å². The summed E-state index contributed by atoms with van der Waals surface area (Å²) in [6, 6.07) is 5.44. The van der Waals surface area contributed by atoms with Gasteiger partial charge in [-0.1, -0.05) is 13.8 Å². The van der Waals surface area contributed by atoms with Crippen molar-refractivity contribution < 1.29 is 9.53 Å². The second-order valence-corrected chi connectivity index (χ2v) is 3.85. The number of amides is 1. The summed E-state index contributed by atoms with van der Waals surface area (Å²) in [6.07, 6.45) is 0. The fraction of sp³-hybridized carbons (Fsp3) is 0.364. The molecule has 0 saturated carbocycles. The third-order valence-electron chi connectivity index (χ3n) is 2.09. The van der Waals surface area contributed by atoms with Crippen molar-refractivity contribution in [3.05, 3.63) is 23.8 Å². The Bertz CT molecular complexity index is 364. The molecule has 1 amide bonds. The molecule has 0 bridgehead atoms. The lowest BCUT2D eigenvalue weighted by molar-refractivity contribution is 0.269. The average Bonchev–Trinajstić information content (AvgIpc) is 2.16. The summed E-state index contributed by atoms with van der Waals surface area (Å²) in [5, 5.41) is 1.93. The van der Waals surface area contributed by atoms with Gasteiger partial charge < -0.3 is 10.1 Å². The van der Waals surface area contributed by atoms with Crippen molar-refractivity contribution in [1.82, 2.24) is 0 Å². The summed E-state index contributed by atoms with van der Waals surface area (Å²) in [4.78, 5) is 10.7. The van der Waals surface area contributed by atoms with E-state index in [9.17, 15) is 4.79 Å². The highest BCUT2D eigenvalue weighted by Gasteiger charge is 2.08. The summed E-state index contributed by atoms with van der Waals surface area (Å²) in [7, 11) is 1.63. The van der Waals surface area contributed by atoms with E-state index in [1.54, 1.807) is 13.2 Å². The second kappa shape index (κ2) is 5.03. The van der Waals surface area contributed by atoms with E-state index in [1.165, 1.54) is 0 Å². The van der Waals surface area contributed by atoms with Crippen molar-refractivity contribution in [2.24, 2.45) is 0 Å². The van der Waals surface area contributed by atoms with Crippen molar-refractivity contribution in [2.45, 2.75) is 19.8 Å². The number of hydrogen-bond donors (Lipinski definition) is 1. The number of halogens is 1. The van der Waals surface area contributed by atoms with E-state index in [4.69, 9.17) is 16.3 Å². The molecule has 1 N–H and O–H groups in total. The SMILES string of the molecule is COc1ccc(NC(=O)Cl)cc1C(C)C. The molecule has 0 aliphatic rings. The van der Waals surface area contributed by atoms with Gasteiger partial charge in [-0.05, 0) is 41.3 Å². The minimum absolute atomic E-state index is 0.326. The molecule has 15 heavy (non-hydrogen) atoms. The Kier molecular flexibility index (Phi) is 3.97. The Balaban J connectivity index is 3.04. The van der Waals surface area contributed by atoms with Crippen LogP contribution in [0.1, 0.15) is 25.3 Å². The van der Waals surface area contributed by atoms with Gasteiger partial charge >= 0.3 is 5.37 Å². The van der Waals surface area contributed by atoms with Crippen molar-refractivity contribution in [3.63, 3.8) is 0 Å². The third kappa shape index (κ3) is 3.13. The zero-order chi connectivity index (χ0) is 11.4. The zero-order valence-corrected chi connectivity index (χ0v) is 9.76. The number of carbonyl (C=O) groups is 1. The lowest BCUT2D eigenvalue weighted by Crippen LogP contribution is -2.02. The first-order chi connectivity index (χ1) is 7.04. The van der Waals surface area contributed by atoms with Gasteiger partial charge in [0.2, 0.25) is 0 Å². The van der Waals surface area contributed by atoms with Gasteiger partial charge in [0.25, 0.3) is 0 Å². The van der Waals surface area contributed by atoms with Gasteiger partial charge in [0, 0.05) is 5.69 Å². The van der Waals surface area contributed by atoms with E-state index in [0.717, 1.165) is 11.3 Å². The summed E-state index contributed by atoms with van der Waals surface area (Å²) in [5.41, 5.74) is 1.72. The smallest absolute Gasteiger partial charge is 0.318 e. The number of methoxy groups -OCH3 is 1. The van der Waals surface area contributed by atoms with E-state index in [2.05, 4.69) is 19.2 Å². The second-order valence-electron chi connectivity index (χ2n) is 3.51. The quantitative estimate of drug-likeness (QED) is 0.633. The fourth-order valence-corrected chi connectivity index (χ4v) is 1.49. The molecular weight excluding hydrogens is 214 g/mol. The number of anilines is 1. The third-order valence-corrected chi connectivity index (χ3v) is 2.19. The molecule has 0 fully saturated rings. The van der Waals surface area contributed by atoms with E-state index >= 15 is 0 Å². The van der Waals surface area contributed by atoms with Crippen molar-refractivity contribution in [3.8, 4) is 5.75 Å². The van der Waals surface area contributed by atoms with Crippen LogP contribution in [0.3, 0.4) is 0 Å². The number of benzene rings is 1. The van der Waals surface area contributed by atoms with E-state index in [1.807, 2.05) is 12.1 Å². The summed E-state index contributed by atoms with van der Waals surface area (Å²) >= 11 is 5.24. The summed E-state index contributed by atoms with van der Waals surface area (Å²) < 4.78 is 5.22. The maximum atomic E-state index is 10.7. The molecule has 82 valence electrons. The minimum Gasteiger partial charge on any atom is -0.496 e. The van der Waals surface area contributed by atoms with Crippen molar-refractivity contribution >= 4 is 22.7 Å². The van der Waals surface area contributed by atoms with Crippen LogP contribution in [0, 0.1) is 0 Å². The maximum Gasteiger partial charge on any atom is 0.318 e. The van der Waals surface area contributed by atoms with Gasteiger partial charge in [0.15, 0.2) is 0 Å². The molecule has 1 rings (SSSR count). The molecule has 3 nitrogen and oxygen atoms in total. The largest absolute Gasteiger partial charge is 0.496 e. The van der Waals surface area contributed by atoms with Crippen LogP contribution in [0.2, 0.25) is 0 Å². The van der Waals surface area contributed by atoms with Gasteiger partial charge in [-0.2, -0.15) is 0 Å². The monoisotopic (exact) mass is 227 g/mol. The number of rotatable bonds is 3. The molecular formula is C11H14ClNO2. The maximum absolute atomic E-state index is 10.7. The highest BCUT2D eigenvalue weighted by Crippen LogP contribution is 2.29. The van der Waals surface area contributed by atoms with Gasteiger partial charge in [-0.3, -0.25) is 4.79 Å². The molecule has 0 unspecified atom stereocenters. The normalized spacial score (nSPS) is 10.2. The minimum atomic E-state index is -0.588. The van der Waals surface area contributed by atoms with Crippen LogP contribution in [-0.2, 0) is 0 Å². The topological polar surface area (TPSA) is 38.3 Å². The van der Waals surface area contributed by atoms with Gasteiger partial charge in [-0.15, -0.1) is 0 Å². The molecule has 1 aromatic rings. The Hall–Kier alpha value is -1.22. The lowest BCUT2D eigenvalue weighted by Gasteiger charge is -2.13. The molecule has 0 aliphatic heterocycles. The highest BCUT2D eigenvalue weighted by atomic mass is 35.5. The van der Waals surface area contributed by atoms with Crippen LogP contribution >= 0.6 is 11.6 Å². The van der Waals surface area contributed by atoms with Gasteiger partial charge in [0.1, 0.15) is 5.75 Å². The van der Waals surface area contributed by atoms with Crippen LogP contribution in [-0.4, -0.2) is 12.5 Å². The molecule has 0 saturated heterocycles. The van der Waals surface area contributed by atoms with E-state index < -0.39 is 5.37 Å². The first kappa shape index (κ1) is 11.9. The fourth-order valence-electron chi connectivity index (χ4n) is 1.38. The Morgan fingerprint density at radius 3 is 2.60 bits per heavy atom. The van der Waals surface area contributed by atoms with Gasteiger partial charge in [-0.25, -0.2) is 0 Å². The molecule has 1 aromatic carbocycles. The molecule has 0 aromatic heterocycles. The van der Waals surface area contributed by atoms with Crippen molar-refractivity contribution in [2.75, 3.05) is 12.4 Å². The first-order valence-corrected chi connectivity index (χ1v) is 5.06. The van der Waals surface area contributed by atoms with E-state index in [-0.39, 0.29) is 0 Å². The molecule has 0 atom stereocenters. The predicted octanol–water partition coefficient (Wildman–Crippen LogP) is 3.59. The number of carbonyl (C=O) groups excluding carboxylic acids is 1. The Labute approximate surface area is 94.4 Å². The summed E-state index contributed by atoms with van der Waals surface area (Å²) in [6.45, 7) is 4.12. The number of nitrogens with one attached hydrogen (secondary N) is 1. The molecule has 0 heterocycles. The van der Waals surface area contributed by atoms with Gasteiger partial charge in [0.05, 0.1) is 7.11 Å². The average molecular weight is 228 g/mol. The van der Waals surface area contributed by atoms with Crippen LogP contribution in [0.25, 0.3) is 0 Å². The Morgan fingerprint density at radius 2 is 2.13 bits per heavy atom. The number of hydrogen-bond acceptors (Lipinski definition) is 2. The van der Waals surface area contributed by atoms with E-state index in [0.29, 0.717) is 11.6 Å². The molecule has 0 aliphatic carbocycles. The Morgan fingerprint density at radius 1 is 1.47 bits per heavy atom. The molecule has 4 heteroatoms. The van der Waals surface area contributed by atoms with Crippen LogP contribution in [0.5, 0.6) is 5.75 Å². The predicted molar refractivity (Wildman–Crippen MR) is 62.0 cm³/mol. The molecule has 0 spiro atoms. The standard InChI is InChI=1S/C11H14ClNO2/c1-7(2)9-6-8(13-11(12)14)4-5-10(9)15-3/h4-7H,1-3H3,(H,13,14). The number of ether oxygens (including phenoxy) is 1. The van der Waals surface area contributed by atoms with Crippen LogP contribution in [0.4, 0.5) is 10.5 Å². The zero-order valence-electron chi connectivity index (χ0n) is 9.00. The lowest BCUT2D eigenvalue weighted by atomic mass is 10.0.